The third-order valence-electron chi connectivity index (χ3n) is 4.44. The van der Waals surface area contributed by atoms with Crippen molar-refractivity contribution in [3.8, 4) is 0 Å². The van der Waals surface area contributed by atoms with Crippen molar-refractivity contribution in [2.75, 3.05) is 12.3 Å². The molecule has 2 aromatic rings. The molecule has 0 amide bonds. The molecule has 0 bridgehead atoms. The summed E-state index contributed by atoms with van der Waals surface area (Å²) in [6, 6.07) is 0. The Morgan fingerprint density at radius 3 is 2.96 bits per heavy atom. The first-order valence-electron chi connectivity index (χ1n) is 7.63. The highest BCUT2D eigenvalue weighted by Crippen LogP contribution is 2.38. The van der Waals surface area contributed by atoms with E-state index in [1.54, 1.807) is 0 Å². The number of nitrogen functional groups attached to an aromatic ring is 1. The molecule has 3 rings (SSSR count). The summed E-state index contributed by atoms with van der Waals surface area (Å²) in [7, 11) is 0. The fourth-order valence-corrected chi connectivity index (χ4v) is 3.99. The second-order valence-electron chi connectivity index (χ2n) is 5.97. The number of nitrogens with two attached hydrogens (primary N) is 1. The van der Waals surface area contributed by atoms with Gasteiger partial charge < -0.3 is 15.6 Å². The molecular weight excluding hydrogens is 320 g/mol. The highest BCUT2D eigenvalue weighted by Gasteiger charge is 2.38. The molecule has 1 aliphatic rings. The van der Waals surface area contributed by atoms with Crippen molar-refractivity contribution in [3.05, 3.63) is 20.0 Å². The molecule has 0 unspecified atom stereocenters. The predicted octanol–water partition coefficient (Wildman–Crippen LogP) is 0.671. The molecule has 0 aliphatic carbocycles. The van der Waals surface area contributed by atoms with E-state index in [0.717, 1.165) is 24.2 Å². The number of rotatable bonds is 4. The third-order valence-corrected chi connectivity index (χ3v) is 5.38. The molecule has 0 aromatic carbocycles. The van der Waals surface area contributed by atoms with Gasteiger partial charge in [-0.25, -0.2) is 0 Å². The number of hydrogen-bond donors (Lipinski definition) is 3. The third kappa shape index (κ3) is 2.68. The van der Waals surface area contributed by atoms with Crippen LogP contribution < -0.4 is 16.2 Å². The van der Waals surface area contributed by atoms with Crippen LogP contribution in [-0.4, -0.2) is 32.4 Å². The summed E-state index contributed by atoms with van der Waals surface area (Å²) in [4.78, 5) is 30.5. The quantitative estimate of drug-likeness (QED) is 0.752. The van der Waals surface area contributed by atoms with E-state index in [4.69, 9.17) is 10.5 Å². The van der Waals surface area contributed by atoms with Gasteiger partial charge in [0.15, 0.2) is 5.65 Å². The van der Waals surface area contributed by atoms with Crippen molar-refractivity contribution in [2.45, 2.75) is 39.0 Å². The van der Waals surface area contributed by atoms with E-state index in [0.29, 0.717) is 0 Å². The van der Waals surface area contributed by atoms with Crippen molar-refractivity contribution < 1.29 is 9.84 Å². The number of ether oxygens (including phenoxy) is 1. The minimum absolute atomic E-state index is 0.0296. The van der Waals surface area contributed by atoms with Gasteiger partial charge in [0.05, 0.1) is 6.10 Å². The van der Waals surface area contributed by atoms with Gasteiger partial charge in [-0.1, -0.05) is 25.2 Å². The molecule has 1 fully saturated rings. The van der Waals surface area contributed by atoms with Crippen molar-refractivity contribution in [2.24, 2.45) is 11.8 Å². The first kappa shape index (κ1) is 16.2. The first-order chi connectivity index (χ1) is 11.0. The Hall–Kier alpha value is -1.71. The van der Waals surface area contributed by atoms with E-state index in [9.17, 15) is 14.7 Å². The van der Waals surface area contributed by atoms with Crippen LogP contribution in [0, 0.1) is 11.8 Å². The topological polar surface area (TPSA) is 123 Å². The van der Waals surface area contributed by atoms with Crippen LogP contribution in [0.4, 0.5) is 5.95 Å². The molecule has 9 heteroatoms. The van der Waals surface area contributed by atoms with Crippen molar-refractivity contribution >= 4 is 27.6 Å². The standard InChI is InChI=1S/C14H20N4O4S/c1-3-7(5-19)8-4-6(2)12(22-8)18-10-9(23-14(18)21)11(20)17-13(15)16-10/h6-8,12,19H,3-5H2,1-2H3,(H3,15,16,17,20)/t6-,7+,8+,12-/m1/s1. The van der Waals surface area contributed by atoms with Crippen LogP contribution in [0.15, 0.2) is 9.59 Å². The number of hydrogen-bond acceptors (Lipinski definition) is 7. The number of H-pyrrole nitrogens is 1. The van der Waals surface area contributed by atoms with Crippen LogP contribution in [-0.2, 0) is 4.74 Å². The number of nitrogens with one attached hydrogen (secondary N) is 1. The van der Waals surface area contributed by atoms with E-state index in [1.807, 2.05) is 13.8 Å². The van der Waals surface area contributed by atoms with Crippen molar-refractivity contribution in [1.29, 1.82) is 0 Å². The zero-order valence-electron chi connectivity index (χ0n) is 13.0. The minimum atomic E-state index is -0.504. The molecule has 0 spiro atoms. The molecule has 8 nitrogen and oxygen atoms in total. The normalized spacial score (nSPS) is 26.0. The summed E-state index contributed by atoms with van der Waals surface area (Å²) in [6.07, 6.45) is 0.915. The number of aliphatic hydroxyl groups excluding tert-OH is 1. The second kappa shape index (κ2) is 6.06. The maximum atomic E-state index is 12.4. The number of anilines is 1. The van der Waals surface area contributed by atoms with Gasteiger partial charge in [-0.3, -0.25) is 19.1 Å². The Labute approximate surface area is 135 Å². The van der Waals surface area contributed by atoms with E-state index < -0.39 is 11.8 Å². The number of aromatic nitrogens is 3. The van der Waals surface area contributed by atoms with Gasteiger partial charge in [-0.15, -0.1) is 0 Å². The van der Waals surface area contributed by atoms with Crippen molar-refractivity contribution in [1.82, 2.24) is 14.5 Å². The van der Waals surface area contributed by atoms with E-state index in [1.165, 1.54) is 4.57 Å². The van der Waals surface area contributed by atoms with Crippen LogP contribution in [0.1, 0.15) is 32.9 Å². The molecule has 2 aromatic heterocycles. The lowest BCUT2D eigenvalue weighted by atomic mass is 9.94. The largest absolute Gasteiger partial charge is 0.396 e. The Morgan fingerprint density at radius 2 is 2.30 bits per heavy atom. The van der Waals surface area contributed by atoms with Gasteiger partial charge >= 0.3 is 4.87 Å². The molecule has 23 heavy (non-hydrogen) atoms. The first-order valence-corrected chi connectivity index (χ1v) is 8.45. The number of fused-ring (bicyclic) bond motifs is 1. The maximum absolute atomic E-state index is 12.4. The molecule has 4 atom stereocenters. The molecule has 1 saturated heterocycles. The molecular formula is C14H20N4O4S. The zero-order valence-corrected chi connectivity index (χ0v) is 13.8. The van der Waals surface area contributed by atoms with Gasteiger partial charge in [-0.05, 0) is 12.8 Å². The van der Waals surface area contributed by atoms with Gasteiger partial charge in [0.2, 0.25) is 5.95 Å². The van der Waals surface area contributed by atoms with E-state index in [-0.39, 0.29) is 45.7 Å². The average molecular weight is 340 g/mol. The number of nitrogens with zero attached hydrogens (tertiary/aromatic N) is 2. The maximum Gasteiger partial charge on any atom is 0.311 e. The summed E-state index contributed by atoms with van der Waals surface area (Å²) in [5.41, 5.74) is 5.44. The minimum Gasteiger partial charge on any atom is -0.396 e. The summed E-state index contributed by atoms with van der Waals surface area (Å²) in [5, 5.41) is 9.47. The lowest BCUT2D eigenvalue weighted by Gasteiger charge is -2.21. The Balaban J connectivity index is 2.05. The predicted molar refractivity (Wildman–Crippen MR) is 87.5 cm³/mol. The molecule has 0 radical (unpaired) electrons. The SMILES string of the molecule is CC[C@@H](CO)[C@@H]1C[C@@H](C)[C@H](n2c(=O)sc3c(=O)[nH]c(N)nc32)O1. The van der Waals surface area contributed by atoms with Gasteiger partial charge in [-0.2, -0.15) is 4.98 Å². The van der Waals surface area contributed by atoms with Crippen LogP contribution >= 0.6 is 11.3 Å². The molecule has 3 heterocycles. The summed E-state index contributed by atoms with van der Waals surface area (Å²) in [6.45, 7) is 4.03. The zero-order chi connectivity index (χ0) is 16.7. The van der Waals surface area contributed by atoms with Crippen LogP contribution in [0.2, 0.25) is 0 Å². The lowest BCUT2D eigenvalue weighted by Crippen LogP contribution is -2.26. The number of aliphatic hydroxyl groups is 1. The van der Waals surface area contributed by atoms with Gasteiger partial charge in [0.25, 0.3) is 5.56 Å². The van der Waals surface area contributed by atoms with E-state index in [2.05, 4.69) is 9.97 Å². The smallest absolute Gasteiger partial charge is 0.311 e. The Kier molecular flexibility index (Phi) is 4.26. The highest BCUT2D eigenvalue weighted by atomic mass is 32.1. The second-order valence-corrected chi connectivity index (χ2v) is 6.93. The lowest BCUT2D eigenvalue weighted by molar-refractivity contribution is -0.0441. The summed E-state index contributed by atoms with van der Waals surface area (Å²) < 4.78 is 7.71. The fraction of sp³-hybridized carbons (Fsp3) is 0.643. The van der Waals surface area contributed by atoms with Crippen molar-refractivity contribution in [3.63, 3.8) is 0 Å². The van der Waals surface area contributed by atoms with E-state index >= 15 is 0 Å². The van der Waals surface area contributed by atoms with Gasteiger partial charge in [0.1, 0.15) is 10.9 Å². The summed E-state index contributed by atoms with van der Waals surface area (Å²) >= 11 is 0.840. The monoisotopic (exact) mass is 340 g/mol. The van der Waals surface area contributed by atoms with Gasteiger partial charge in [0, 0.05) is 18.4 Å². The Bertz CT molecular complexity index is 822. The van der Waals surface area contributed by atoms with Crippen LogP contribution in [0.25, 0.3) is 10.3 Å². The Morgan fingerprint density at radius 1 is 1.57 bits per heavy atom. The number of aromatic amines is 1. The molecule has 1 aliphatic heterocycles. The molecule has 126 valence electrons. The number of thiazole rings is 1. The van der Waals surface area contributed by atoms with Crippen LogP contribution in [0.5, 0.6) is 0 Å². The molecule has 4 N–H and O–H groups in total. The highest BCUT2D eigenvalue weighted by molar-refractivity contribution is 7.16. The average Bonchev–Trinajstić information content (AvgIpc) is 3.01. The fourth-order valence-electron chi connectivity index (χ4n) is 3.15. The van der Waals surface area contributed by atoms with Crippen LogP contribution in [0.3, 0.4) is 0 Å². The molecule has 0 saturated carbocycles. The summed E-state index contributed by atoms with van der Waals surface area (Å²) in [5.74, 6) is 0.0703.